The molecule has 0 spiro atoms. The first-order valence-electron chi connectivity index (χ1n) is 12.2. The number of aliphatic hydroxyl groups is 1. The molecule has 10 nitrogen and oxygen atoms in total. The third-order valence-corrected chi connectivity index (χ3v) is 6.02. The number of aliphatic hydroxyl groups excluding tert-OH is 1. The molecule has 3 aromatic rings. The van der Waals surface area contributed by atoms with Crippen molar-refractivity contribution in [2.75, 3.05) is 17.2 Å². The number of pyridine rings is 1. The lowest BCUT2D eigenvalue weighted by molar-refractivity contribution is 0.0950. The molecule has 0 aromatic carbocycles. The van der Waals surface area contributed by atoms with Gasteiger partial charge in [-0.1, -0.05) is 19.4 Å². The fourth-order valence-electron chi connectivity index (χ4n) is 3.94. The van der Waals surface area contributed by atoms with Gasteiger partial charge < -0.3 is 21.1 Å². The zero-order chi connectivity index (χ0) is 24.5. The van der Waals surface area contributed by atoms with Crippen molar-refractivity contribution in [1.82, 2.24) is 30.2 Å². The van der Waals surface area contributed by atoms with Crippen LogP contribution in [0, 0.1) is 0 Å². The molecule has 1 fully saturated rings. The maximum atomic E-state index is 13.1. The summed E-state index contributed by atoms with van der Waals surface area (Å²) in [4.78, 5) is 34.5. The van der Waals surface area contributed by atoms with Crippen LogP contribution in [-0.2, 0) is 6.54 Å². The average Bonchev–Trinajstić information content (AvgIpc) is 2.90. The number of nitrogens with zero attached hydrogens (tertiary/aromatic N) is 5. The Kier molecular flexibility index (Phi) is 8.50. The lowest BCUT2D eigenvalue weighted by Crippen LogP contribution is -2.31. The maximum absolute atomic E-state index is 13.1. The smallest absolute Gasteiger partial charge is 0.256 e. The van der Waals surface area contributed by atoms with E-state index in [9.17, 15) is 9.90 Å². The average molecular weight is 477 g/mol. The molecule has 35 heavy (non-hydrogen) atoms. The lowest BCUT2D eigenvalue weighted by atomic mass is 9.93. The Morgan fingerprint density at radius 1 is 1.06 bits per heavy atom. The summed E-state index contributed by atoms with van der Waals surface area (Å²) in [5, 5.41) is 19.4. The van der Waals surface area contributed by atoms with Crippen LogP contribution < -0.4 is 16.0 Å². The van der Waals surface area contributed by atoms with Crippen molar-refractivity contribution in [3.05, 3.63) is 54.4 Å². The van der Waals surface area contributed by atoms with E-state index in [0.717, 1.165) is 61.9 Å². The summed E-state index contributed by atoms with van der Waals surface area (Å²) in [5.41, 5.74) is 2.86. The van der Waals surface area contributed by atoms with Crippen LogP contribution in [0.4, 0.5) is 11.8 Å². The molecule has 1 amide bonds. The van der Waals surface area contributed by atoms with Gasteiger partial charge in [-0.05, 0) is 43.7 Å². The molecule has 0 bridgehead atoms. The second-order valence-corrected chi connectivity index (χ2v) is 8.75. The molecule has 184 valence electrons. The molecule has 1 saturated carbocycles. The van der Waals surface area contributed by atoms with Crippen molar-refractivity contribution in [1.29, 1.82) is 0 Å². The Balaban J connectivity index is 1.43. The van der Waals surface area contributed by atoms with Crippen LogP contribution in [0.15, 0.2) is 43.2 Å². The van der Waals surface area contributed by atoms with Gasteiger partial charge in [-0.15, -0.1) is 0 Å². The molecule has 0 atom stereocenters. The van der Waals surface area contributed by atoms with Crippen LogP contribution in [0.2, 0.25) is 0 Å². The normalized spacial score (nSPS) is 17.5. The van der Waals surface area contributed by atoms with E-state index in [1.807, 2.05) is 12.1 Å². The summed E-state index contributed by atoms with van der Waals surface area (Å²) in [6.07, 6.45) is 13.2. The number of carbonyl (C=O) groups excluding carboxylic acids is 1. The molecular weight excluding hydrogens is 444 g/mol. The molecular formula is C25H32N8O2. The minimum atomic E-state index is -0.260. The fourth-order valence-corrected chi connectivity index (χ4v) is 3.94. The standard InChI is InChI=1S/C25H32N8O2/c1-2-3-10-28-25-31-15-21(23(33-25)32-19-5-7-20(34)8-6-19)24(35)30-12-17-4-9-22(29-11-17)18-13-26-16-27-14-18/h4,9,11,13-16,19-20,34H,2-3,5-8,10,12H2,1H3,(H,30,35)(H2,28,31,32,33). The number of rotatable bonds is 10. The van der Waals surface area contributed by atoms with E-state index in [2.05, 4.69) is 47.8 Å². The van der Waals surface area contributed by atoms with Gasteiger partial charge in [0.1, 0.15) is 17.7 Å². The molecule has 3 heterocycles. The minimum absolute atomic E-state index is 0.155. The number of aromatic nitrogens is 5. The van der Waals surface area contributed by atoms with Crippen molar-refractivity contribution in [2.24, 2.45) is 0 Å². The van der Waals surface area contributed by atoms with Crippen molar-refractivity contribution >= 4 is 17.7 Å². The van der Waals surface area contributed by atoms with Gasteiger partial charge in [0.05, 0.1) is 11.8 Å². The van der Waals surface area contributed by atoms with Crippen molar-refractivity contribution in [3.63, 3.8) is 0 Å². The van der Waals surface area contributed by atoms with Crippen LogP contribution in [0.3, 0.4) is 0 Å². The van der Waals surface area contributed by atoms with Crippen molar-refractivity contribution in [2.45, 2.75) is 64.1 Å². The Hall–Kier alpha value is -3.66. The summed E-state index contributed by atoms with van der Waals surface area (Å²) in [6.45, 7) is 3.22. The maximum Gasteiger partial charge on any atom is 0.256 e. The monoisotopic (exact) mass is 476 g/mol. The number of anilines is 2. The number of hydrogen-bond acceptors (Lipinski definition) is 9. The van der Waals surface area contributed by atoms with Gasteiger partial charge in [-0.25, -0.2) is 15.0 Å². The summed E-state index contributed by atoms with van der Waals surface area (Å²) < 4.78 is 0. The third-order valence-electron chi connectivity index (χ3n) is 6.02. The molecule has 1 aliphatic carbocycles. The van der Waals surface area contributed by atoms with Gasteiger partial charge in [-0.3, -0.25) is 9.78 Å². The summed E-state index contributed by atoms with van der Waals surface area (Å²) in [7, 11) is 0. The van der Waals surface area contributed by atoms with Gasteiger partial charge in [-0.2, -0.15) is 4.98 Å². The van der Waals surface area contributed by atoms with E-state index in [-0.39, 0.29) is 18.1 Å². The van der Waals surface area contributed by atoms with Gasteiger partial charge in [0.15, 0.2) is 0 Å². The highest BCUT2D eigenvalue weighted by atomic mass is 16.3. The van der Waals surface area contributed by atoms with Crippen molar-refractivity contribution in [3.8, 4) is 11.3 Å². The second kappa shape index (κ2) is 12.2. The Labute approximate surface area is 205 Å². The number of hydrogen-bond donors (Lipinski definition) is 4. The topological polar surface area (TPSA) is 138 Å². The molecule has 0 saturated heterocycles. The molecule has 3 aromatic heterocycles. The minimum Gasteiger partial charge on any atom is -0.393 e. The van der Waals surface area contributed by atoms with Crippen LogP contribution >= 0.6 is 0 Å². The van der Waals surface area contributed by atoms with E-state index in [0.29, 0.717) is 23.9 Å². The Bertz CT molecular complexity index is 1090. The van der Waals surface area contributed by atoms with Gasteiger partial charge in [0.25, 0.3) is 5.91 Å². The predicted molar refractivity (Wildman–Crippen MR) is 134 cm³/mol. The first-order valence-corrected chi connectivity index (χ1v) is 12.2. The quantitative estimate of drug-likeness (QED) is 0.325. The number of unbranched alkanes of at least 4 members (excludes halogenated alkanes) is 1. The summed E-state index contributed by atoms with van der Waals surface area (Å²) >= 11 is 0. The zero-order valence-corrected chi connectivity index (χ0v) is 19.9. The van der Waals surface area contributed by atoms with Gasteiger partial charge in [0.2, 0.25) is 5.95 Å². The van der Waals surface area contributed by atoms with Crippen LogP contribution in [-0.4, -0.2) is 54.6 Å². The summed E-state index contributed by atoms with van der Waals surface area (Å²) in [6, 6.07) is 3.95. The lowest BCUT2D eigenvalue weighted by Gasteiger charge is -2.27. The zero-order valence-electron chi connectivity index (χ0n) is 19.9. The summed E-state index contributed by atoms with van der Waals surface area (Å²) in [5.74, 6) is 0.748. The molecule has 1 aliphatic rings. The third kappa shape index (κ3) is 6.92. The van der Waals surface area contributed by atoms with Crippen LogP contribution in [0.5, 0.6) is 0 Å². The van der Waals surface area contributed by atoms with E-state index in [4.69, 9.17) is 0 Å². The van der Waals surface area contributed by atoms with Gasteiger partial charge >= 0.3 is 0 Å². The Morgan fingerprint density at radius 3 is 2.57 bits per heavy atom. The Morgan fingerprint density at radius 2 is 1.86 bits per heavy atom. The van der Waals surface area contributed by atoms with E-state index in [1.165, 1.54) is 6.33 Å². The first-order chi connectivity index (χ1) is 17.1. The molecule has 0 unspecified atom stereocenters. The molecule has 10 heteroatoms. The highest BCUT2D eigenvalue weighted by molar-refractivity contribution is 5.98. The largest absolute Gasteiger partial charge is 0.393 e. The number of carbonyl (C=O) groups is 1. The molecule has 4 N–H and O–H groups in total. The molecule has 0 radical (unpaired) electrons. The van der Waals surface area contributed by atoms with E-state index in [1.54, 1.807) is 24.8 Å². The molecule has 4 rings (SSSR count). The second-order valence-electron chi connectivity index (χ2n) is 8.75. The van der Waals surface area contributed by atoms with Crippen molar-refractivity contribution < 1.29 is 9.90 Å². The number of nitrogens with one attached hydrogen (secondary N) is 3. The first kappa shape index (κ1) is 24.5. The highest BCUT2D eigenvalue weighted by Gasteiger charge is 2.22. The molecule has 0 aliphatic heterocycles. The highest BCUT2D eigenvalue weighted by Crippen LogP contribution is 2.24. The van der Waals surface area contributed by atoms with E-state index < -0.39 is 0 Å². The van der Waals surface area contributed by atoms with Crippen LogP contribution in [0.1, 0.15) is 61.4 Å². The van der Waals surface area contributed by atoms with Gasteiger partial charge in [0, 0.05) is 49.5 Å². The predicted octanol–water partition coefficient (Wildman–Crippen LogP) is 3.19. The number of amides is 1. The fraction of sp³-hybridized carbons (Fsp3) is 0.440. The SMILES string of the molecule is CCCCNc1ncc(C(=O)NCc2ccc(-c3cncnc3)nc2)c(NC2CCC(O)CC2)n1. The van der Waals surface area contributed by atoms with Crippen LogP contribution in [0.25, 0.3) is 11.3 Å². The van der Waals surface area contributed by atoms with E-state index >= 15 is 0 Å².